The van der Waals surface area contributed by atoms with Gasteiger partial charge in [-0.3, -0.25) is 24.0 Å². The molecule has 4 N–H and O–H groups in total. The normalized spacial score (nSPS) is 21.8. The summed E-state index contributed by atoms with van der Waals surface area (Å²) in [6.07, 6.45) is 1.37. The Bertz CT molecular complexity index is 1590. The van der Waals surface area contributed by atoms with E-state index in [-0.39, 0.29) is 41.7 Å². The summed E-state index contributed by atoms with van der Waals surface area (Å²) in [7, 11) is -2.10. The molecule has 3 rings (SSSR count). The van der Waals surface area contributed by atoms with Crippen molar-refractivity contribution >= 4 is 39.4 Å². The van der Waals surface area contributed by atoms with E-state index in [2.05, 4.69) is 21.3 Å². The predicted octanol–water partition coefficient (Wildman–Crippen LogP) is 1.46. The smallest absolute Gasteiger partial charge is 0.254 e. The second-order valence-electron chi connectivity index (χ2n) is 12.9. The average Bonchev–Trinajstić information content (AvgIpc) is 3.02. The molecular formula is C34H47N5O8S. The van der Waals surface area contributed by atoms with Crippen LogP contribution >= 0.6 is 0 Å². The van der Waals surface area contributed by atoms with E-state index in [4.69, 9.17) is 4.74 Å². The Morgan fingerprint density at radius 3 is 2.12 bits per heavy atom. The van der Waals surface area contributed by atoms with Crippen LogP contribution in [0.5, 0.6) is 5.75 Å². The lowest BCUT2D eigenvalue weighted by Crippen LogP contribution is -2.57. The van der Waals surface area contributed by atoms with Gasteiger partial charge in [0.15, 0.2) is 9.84 Å². The quantitative estimate of drug-likeness (QED) is 0.323. The first-order chi connectivity index (χ1) is 22.5. The Hall–Kier alpha value is -4.46. The molecule has 0 unspecified atom stereocenters. The van der Waals surface area contributed by atoms with Gasteiger partial charge >= 0.3 is 0 Å². The summed E-state index contributed by atoms with van der Waals surface area (Å²) in [5, 5.41) is 11.1. The minimum atomic E-state index is -3.63. The second-order valence-corrected chi connectivity index (χ2v) is 15.0. The second kappa shape index (κ2) is 16.6. The van der Waals surface area contributed by atoms with Crippen LogP contribution in [0.4, 0.5) is 0 Å². The topological polar surface area (TPSA) is 180 Å². The van der Waals surface area contributed by atoms with Gasteiger partial charge in [-0.05, 0) is 61.1 Å². The minimum Gasteiger partial charge on any atom is -0.497 e. The van der Waals surface area contributed by atoms with Crippen LogP contribution in [0, 0.1) is 11.8 Å². The largest absolute Gasteiger partial charge is 0.497 e. The zero-order valence-electron chi connectivity index (χ0n) is 28.5. The summed E-state index contributed by atoms with van der Waals surface area (Å²) in [5.74, 6) is -2.61. The van der Waals surface area contributed by atoms with Gasteiger partial charge in [0.05, 0.1) is 18.6 Å². The van der Waals surface area contributed by atoms with Crippen LogP contribution in [-0.4, -0.2) is 93.5 Å². The summed E-state index contributed by atoms with van der Waals surface area (Å²) < 4.78 is 29.6. The van der Waals surface area contributed by atoms with Crippen LogP contribution < -0.4 is 26.0 Å². The van der Waals surface area contributed by atoms with Crippen LogP contribution in [0.25, 0.3) is 0 Å². The predicted molar refractivity (Wildman–Crippen MR) is 180 cm³/mol. The van der Waals surface area contributed by atoms with E-state index in [0.29, 0.717) is 5.75 Å². The van der Waals surface area contributed by atoms with Crippen LogP contribution in [0.3, 0.4) is 0 Å². The molecule has 48 heavy (non-hydrogen) atoms. The first-order valence-corrected chi connectivity index (χ1v) is 17.8. The van der Waals surface area contributed by atoms with Gasteiger partial charge in [0.1, 0.15) is 23.9 Å². The van der Waals surface area contributed by atoms with E-state index in [1.165, 1.54) is 43.2 Å². The Morgan fingerprint density at radius 2 is 1.54 bits per heavy atom. The van der Waals surface area contributed by atoms with Crippen molar-refractivity contribution in [2.75, 3.05) is 26.5 Å². The van der Waals surface area contributed by atoms with Crippen molar-refractivity contribution < 1.29 is 37.1 Å². The Kier molecular flexibility index (Phi) is 13.1. The number of hydrogen-bond donors (Lipinski definition) is 4. The van der Waals surface area contributed by atoms with Crippen LogP contribution in [-0.2, 0) is 35.4 Å². The van der Waals surface area contributed by atoms with Crippen LogP contribution in [0.15, 0.2) is 53.4 Å². The van der Waals surface area contributed by atoms with Gasteiger partial charge in [-0.1, -0.05) is 45.9 Å². The Balaban J connectivity index is 2.02. The number of sulfone groups is 1. The molecule has 1 saturated heterocycles. The number of amides is 5. The molecule has 0 aliphatic carbocycles. The number of benzene rings is 2. The number of methoxy groups -OCH3 is 1. The van der Waals surface area contributed by atoms with E-state index < -0.39 is 70.1 Å². The third-order valence-electron chi connectivity index (χ3n) is 8.02. The summed E-state index contributed by atoms with van der Waals surface area (Å²) in [5.41, 5.74) is 0.764. The zero-order chi connectivity index (χ0) is 35.8. The maximum Gasteiger partial charge on any atom is 0.254 e. The van der Waals surface area contributed by atoms with Crippen molar-refractivity contribution in [3.8, 4) is 5.75 Å². The Morgan fingerprint density at radius 1 is 0.896 bits per heavy atom. The lowest BCUT2D eigenvalue weighted by Gasteiger charge is -2.31. The van der Waals surface area contributed by atoms with Crippen molar-refractivity contribution in [2.24, 2.45) is 11.8 Å². The molecule has 0 saturated carbocycles. The number of carbonyl (C=O) groups is 5. The molecule has 262 valence electrons. The van der Waals surface area contributed by atoms with E-state index in [9.17, 15) is 32.4 Å². The molecule has 5 amide bonds. The lowest BCUT2D eigenvalue weighted by atomic mass is 10.0. The highest BCUT2D eigenvalue weighted by Crippen LogP contribution is 2.17. The average molecular weight is 686 g/mol. The molecule has 0 spiro atoms. The fourth-order valence-corrected chi connectivity index (χ4v) is 5.87. The van der Waals surface area contributed by atoms with E-state index in [1.54, 1.807) is 24.3 Å². The number of hydrogen-bond acceptors (Lipinski definition) is 8. The number of nitrogens with one attached hydrogen (secondary N) is 4. The number of rotatable bonds is 8. The third kappa shape index (κ3) is 10.8. The molecule has 1 fully saturated rings. The minimum absolute atomic E-state index is 0.0272. The van der Waals surface area contributed by atoms with Crippen molar-refractivity contribution in [2.45, 2.75) is 76.5 Å². The molecule has 1 aliphatic rings. The van der Waals surface area contributed by atoms with E-state index in [0.717, 1.165) is 11.8 Å². The summed E-state index contributed by atoms with van der Waals surface area (Å²) in [4.78, 5) is 69.2. The standard InChI is InChI=1S/C34H47N5O8S/c1-20(2)15-27-33(43)37-28(16-23-11-13-25(47-6)14-12-23)32(42)35-22(5)31(41)38-29(21(3)4)18-39(19-30(40)36-27)34(44)24-9-8-10-26(17-24)48(7,45)46/h8-14,17,20-22,27-29H,15-16,18-19H2,1-7H3,(H,35,42)(H,36,40)(H,37,43)(H,38,41)/t22-,27+,28+,29-/m1/s1. The number of carbonyl (C=O) groups excluding carboxylic acids is 5. The summed E-state index contributed by atoms with van der Waals surface area (Å²) in [6, 6.07) is 8.70. The lowest BCUT2D eigenvalue weighted by molar-refractivity contribution is -0.133. The van der Waals surface area contributed by atoms with Gasteiger partial charge in [0.2, 0.25) is 23.6 Å². The first kappa shape index (κ1) is 38.0. The number of nitrogens with zero attached hydrogens (tertiary/aromatic N) is 1. The Labute approximate surface area is 282 Å². The van der Waals surface area contributed by atoms with Gasteiger partial charge in [-0.2, -0.15) is 0 Å². The molecule has 1 heterocycles. The van der Waals surface area contributed by atoms with E-state index >= 15 is 0 Å². The molecular weight excluding hydrogens is 638 g/mol. The fourth-order valence-electron chi connectivity index (χ4n) is 5.20. The molecule has 2 aromatic rings. The van der Waals surface area contributed by atoms with Gasteiger partial charge in [-0.15, -0.1) is 0 Å². The van der Waals surface area contributed by atoms with E-state index in [1.807, 2.05) is 27.7 Å². The zero-order valence-corrected chi connectivity index (χ0v) is 29.3. The van der Waals surface area contributed by atoms with Crippen molar-refractivity contribution in [1.82, 2.24) is 26.2 Å². The van der Waals surface area contributed by atoms with Crippen molar-refractivity contribution in [3.63, 3.8) is 0 Å². The highest BCUT2D eigenvalue weighted by molar-refractivity contribution is 7.90. The molecule has 0 radical (unpaired) electrons. The molecule has 13 nitrogen and oxygen atoms in total. The van der Waals surface area contributed by atoms with Gasteiger partial charge < -0.3 is 30.9 Å². The SMILES string of the molecule is COc1ccc(C[C@@H]2NC(=O)[C@H](CC(C)C)NC(=O)CN(C(=O)c3cccc(S(C)(=O)=O)c3)C[C@H](C(C)C)NC(=O)[C@@H](C)NC2=O)cc1. The maximum absolute atomic E-state index is 13.9. The molecule has 1 aliphatic heterocycles. The molecule has 0 aromatic heterocycles. The highest BCUT2D eigenvalue weighted by Gasteiger charge is 2.33. The molecule has 2 aromatic carbocycles. The first-order valence-electron chi connectivity index (χ1n) is 15.9. The van der Waals surface area contributed by atoms with Gasteiger partial charge in [0.25, 0.3) is 5.91 Å². The van der Waals surface area contributed by atoms with Crippen molar-refractivity contribution in [3.05, 3.63) is 59.7 Å². The summed E-state index contributed by atoms with van der Waals surface area (Å²) in [6.45, 7) is 8.36. The van der Waals surface area contributed by atoms with Crippen molar-refractivity contribution in [1.29, 1.82) is 0 Å². The number of ether oxygens (including phenoxy) is 1. The molecule has 0 bridgehead atoms. The van der Waals surface area contributed by atoms with Gasteiger partial charge in [0, 0.05) is 30.8 Å². The summed E-state index contributed by atoms with van der Waals surface area (Å²) >= 11 is 0. The highest BCUT2D eigenvalue weighted by atomic mass is 32.2. The molecule has 14 heteroatoms. The van der Waals surface area contributed by atoms with Crippen LogP contribution in [0.1, 0.15) is 57.0 Å². The van der Waals surface area contributed by atoms with Gasteiger partial charge in [-0.25, -0.2) is 8.42 Å². The fraction of sp³-hybridized carbons (Fsp3) is 0.500. The monoisotopic (exact) mass is 685 g/mol. The van der Waals surface area contributed by atoms with Crippen LogP contribution in [0.2, 0.25) is 0 Å². The maximum atomic E-state index is 13.9. The molecule has 4 atom stereocenters. The third-order valence-corrected chi connectivity index (χ3v) is 9.13.